The number of methoxy groups -OCH3 is 1. The van der Waals surface area contributed by atoms with Crippen LogP contribution in [0.15, 0.2) is 49.6 Å². The molecule has 0 heterocycles. The molecule has 0 saturated carbocycles. The molecule has 0 radical (unpaired) electrons. The van der Waals surface area contributed by atoms with Crippen molar-refractivity contribution in [2.45, 2.75) is 6.04 Å². The summed E-state index contributed by atoms with van der Waals surface area (Å²) in [7, 11) is 1.62. The maximum Gasteiger partial charge on any atom is 0.124 e. The molecular weight excluding hydrogens is 224 g/mol. The zero-order valence-electron chi connectivity index (χ0n) is 10.7. The highest BCUT2D eigenvalue weighted by Crippen LogP contribution is 2.23. The van der Waals surface area contributed by atoms with Gasteiger partial charge in [-0.05, 0) is 17.7 Å². The van der Waals surface area contributed by atoms with E-state index >= 15 is 0 Å². The van der Waals surface area contributed by atoms with E-state index in [0.29, 0.717) is 13.1 Å². The first kappa shape index (κ1) is 14.0. The maximum atomic E-state index is 9.37. The first-order valence-electron chi connectivity index (χ1n) is 5.76. The van der Waals surface area contributed by atoms with E-state index in [-0.39, 0.29) is 6.04 Å². The van der Waals surface area contributed by atoms with Crippen LogP contribution in [0.5, 0.6) is 5.75 Å². The molecule has 0 bridgehead atoms. The fraction of sp³-hybridized carbons (Fsp3) is 0.267. The minimum absolute atomic E-state index is 0.323. The molecule has 1 aromatic carbocycles. The molecule has 0 saturated heterocycles. The lowest BCUT2D eigenvalue weighted by atomic mass is 10.1. The molecule has 0 aliphatic carbocycles. The minimum Gasteiger partial charge on any atom is -0.497 e. The third-order valence-corrected chi connectivity index (χ3v) is 2.62. The second kappa shape index (κ2) is 7.31. The van der Waals surface area contributed by atoms with Gasteiger partial charge in [-0.15, -0.1) is 13.2 Å². The van der Waals surface area contributed by atoms with Crippen molar-refractivity contribution in [1.29, 1.82) is 5.26 Å². The molecule has 1 atom stereocenters. The molecule has 1 rings (SSSR count). The van der Waals surface area contributed by atoms with Gasteiger partial charge in [-0.25, -0.2) is 0 Å². The summed E-state index contributed by atoms with van der Waals surface area (Å²) in [6, 6.07) is 9.55. The third-order valence-electron chi connectivity index (χ3n) is 2.62. The smallest absolute Gasteiger partial charge is 0.124 e. The molecule has 0 aliphatic rings. The highest BCUT2D eigenvalue weighted by molar-refractivity contribution is 5.33. The van der Waals surface area contributed by atoms with Crippen LogP contribution in [0.3, 0.4) is 0 Å². The van der Waals surface area contributed by atoms with Crippen LogP contribution < -0.4 is 4.74 Å². The molecular formula is C15H18N2O. The number of hydrogen-bond acceptors (Lipinski definition) is 3. The highest BCUT2D eigenvalue weighted by Gasteiger charge is 2.18. The maximum absolute atomic E-state index is 9.37. The Morgan fingerprint density at radius 2 is 2.06 bits per heavy atom. The standard InChI is InChI=1S/C15H18N2O/c1-4-9-17(10-5-2)15(12-16)13-7-6-8-14(11-13)18-3/h4-8,11,15H,1-2,9-10H2,3H3. The average Bonchev–Trinajstić information content (AvgIpc) is 2.40. The molecule has 0 spiro atoms. The van der Waals surface area contributed by atoms with Gasteiger partial charge in [0.1, 0.15) is 11.8 Å². The summed E-state index contributed by atoms with van der Waals surface area (Å²) >= 11 is 0. The van der Waals surface area contributed by atoms with Crippen molar-refractivity contribution in [3.05, 3.63) is 55.1 Å². The van der Waals surface area contributed by atoms with E-state index in [4.69, 9.17) is 4.74 Å². The van der Waals surface area contributed by atoms with Gasteiger partial charge in [-0.2, -0.15) is 5.26 Å². The predicted molar refractivity (Wildman–Crippen MR) is 73.3 cm³/mol. The second-order valence-corrected chi connectivity index (χ2v) is 3.84. The van der Waals surface area contributed by atoms with E-state index in [2.05, 4.69) is 19.2 Å². The van der Waals surface area contributed by atoms with E-state index in [1.165, 1.54) is 0 Å². The van der Waals surface area contributed by atoms with Gasteiger partial charge in [0.15, 0.2) is 0 Å². The van der Waals surface area contributed by atoms with Crippen LogP contribution in [0.4, 0.5) is 0 Å². The summed E-state index contributed by atoms with van der Waals surface area (Å²) in [5.41, 5.74) is 0.917. The van der Waals surface area contributed by atoms with E-state index in [9.17, 15) is 5.26 Å². The van der Waals surface area contributed by atoms with Gasteiger partial charge < -0.3 is 4.74 Å². The molecule has 0 fully saturated rings. The summed E-state index contributed by atoms with van der Waals surface area (Å²) in [5, 5.41) is 9.37. The van der Waals surface area contributed by atoms with Gasteiger partial charge in [0.25, 0.3) is 0 Å². The monoisotopic (exact) mass is 242 g/mol. The van der Waals surface area contributed by atoms with Crippen LogP contribution in [0.2, 0.25) is 0 Å². The van der Waals surface area contributed by atoms with Gasteiger partial charge >= 0.3 is 0 Å². The largest absolute Gasteiger partial charge is 0.497 e. The SMILES string of the molecule is C=CCN(CC=C)C(C#N)c1cccc(OC)c1. The normalized spacial score (nSPS) is 11.6. The molecule has 1 unspecified atom stereocenters. The molecule has 0 amide bonds. The Kier molecular flexibility index (Phi) is 5.69. The number of ether oxygens (including phenoxy) is 1. The molecule has 94 valence electrons. The Morgan fingerprint density at radius 1 is 1.39 bits per heavy atom. The molecule has 3 nitrogen and oxygen atoms in total. The van der Waals surface area contributed by atoms with Gasteiger partial charge in [-0.3, -0.25) is 4.90 Å². The van der Waals surface area contributed by atoms with Crippen molar-refractivity contribution in [2.24, 2.45) is 0 Å². The Balaban J connectivity index is 3.02. The molecule has 0 N–H and O–H groups in total. The number of hydrogen-bond donors (Lipinski definition) is 0. The molecule has 1 aromatic rings. The predicted octanol–water partition coefficient (Wildman–Crippen LogP) is 2.93. The summed E-state index contributed by atoms with van der Waals surface area (Å²) in [4.78, 5) is 1.99. The van der Waals surface area contributed by atoms with Crippen molar-refractivity contribution in [3.8, 4) is 11.8 Å². The second-order valence-electron chi connectivity index (χ2n) is 3.84. The zero-order chi connectivity index (χ0) is 13.4. The fourth-order valence-corrected chi connectivity index (χ4v) is 1.80. The van der Waals surface area contributed by atoms with Crippen LogP contribution in [-0.4, -0.2) is 25.1 Å². The average molecular weight is 242 g/mol. The topological polar surface area (TPSA) is 36.3 Å². The Morgan fingerprint density at radius 3 is 2.56 bits per heavy atom. The van der Waals surface area contributed by atoms with Gasteiger partial charge in [-0.1, -0.05) is 24.3 Å². The summed E-state index contributed by atoms with van der Waals surface area (Å²) in [6.45, 7) is 8.71. The van der Waals surface area contributed by atoms with Crippen LogP contribution in [-0.2, 0) is 0 Å². The van der Waals surface area contributed by atoms with Gasteiger partial charge in [0.2, 0.25) is 0 Å². The van der Waals surface area contributed by atoms with Crippen molar-refractivity contribution in [2.75, 3.05) is 20.2 Å². The molecule has 0 aliphatic heterocycles. The number of benzene rings is 1. The summed E-state index contributed by atoms with van der Waals surface area (Å²) in [6.07, 6.45) is 3.57. The number of rotatable bonds is 7. The summed E-state index contributed by atoms with van der Waals surface area (Å²) < 4.78 is 5.18. The minimum atomic E-state index is -0.323. The van der Waals surface area contributed by atoms with Crippen LogP contribution in [0.1, 0.15) is 11.6 Å². The Bertz CT molecular complexity index is 438. The third kappa shape index (κ3) is 3.47. The van der Waals surface area contributed by atoms with Crippen molar-refractivity contribution < 1.29 is 4.74 Å². The molecule has 18 heavy (non-hydrogen) atoms. The van der Waals surface area contributed by atoms with Crippen molar-refractivity contribution in [1.82, 2.24) is 4.90 Å². The zero-order valence-corrected chi connectivity index (χ0v) is 10.7. The molecule has 0 aromatic heterocycles. The lowest BCUT2D eigenvalue weighted by molar-refractivity contribution is 0.290. The summed E-state index contributed by atoms with van der Waals surface area (Å²) in [5.74, 6) is 0.755. The first-order valence-corrected chi connectivity index (χ1v) is 5.76. The quantitative estimate of drug-likeness (QED) is 0.690. The van der Waals surface area contributed by atoms with Crippen molar-refractivity contribution in [3.63, 3.8) is 0 Å². The van der Waals surface area contributed by atoms with E-state index in [1.54, 1.807) is 19.3 Å². The Hall–Kier alpha value is -2.05. The van der Waals surface area contributed by atoms with E-state index < -0.39 is 0 Å². The van der Waals surface area contributed by atoms with Crippen LogP contribution in [0, 0.1) is 11.3 Å². The van der Waals surface area contributed by atoms with Crippen LogP contribution in [0.25, 0.3) is 0 Å². The van der Waals surface area contributed by atoms with E-state index in [0.717, 1.165) is 11.3 Å². The van der Waals surface area contributed by atoms with E-state index in [1.807, 2.05) is 29.2 Å². The first-order chi connectivity index (χ1) is 8.76. The molecule has 3 heteroatoms. The highest BCUT2D eigenvalue weighted by atomic mass is 16.5. The number of nitrogens with zero attached hydrogens (tertiary/aromatic N) is 2. The lowest BCUT2D eigenvalue weighted by Gasteiger charge is -2.24. The number of nitriles is 1. The lowest BCUT2D eigenvalue weighted by Crippen LogP contribution is -2.28. The van der Waals surface area contributed by atoms with Crippen LogP contribution >= 0.6 is 0 Å². The van der Waals surface area contributed by atoms with Crippen molar-refractivity contribution >= 4 is 0 Å². The van der Waals surface area contributed by atoms with Gasteiger partial charge in [0, 0.05) is 13.1 Å². The fourth-order valence-electron chi connectivity index (χ4n) is 1.80. The Labute approximate surface area is 109 Å². The van der Waals surface area contributed by atoms with Gasteiger partial charge in [0.05, 0.1) is 13.2 Å².